The van der Waals surface area contributed by atoms with Crippen LogP contribution in [0.2, 0.25) is 0 Å². The molecule has 0 fully saturated rings. The zero-order valence-corrected chi connectivity index (χ0v) is 11.1. The lowest BCUT2D eigenvalue weighted by Crippen LogP contribution is -2.12. The standard InChI is InChI=1S/C16H13N3O/c1-18-7-2-3-14(18)16(20)11-19-8-6-13-5-4-12(10-17)9-15(13)19/h2-9H,11H2,1H3. The number of aryl methyl sites for hydroxylation is 1. The molecule has 4 heteroatoms. The molecule has 0 bridgehead atoms. The molecule has 98 valence electrons. The Morgan fingerprint density at radius 2 is 2.10 bits per heavy atom. The molecule has 20 heavy (non-hydrogen) atoms. The van der Waals surface area contributed by atoms with E-state index in [0.29, 0.717) is 11.3 Å². The van der Waals surface area contributed by atoms with Crippen molar-refractivity contribution in [3.05, 3.63) is 60.0 Å². The van der Waals surface area contributed by atoms with E-state index in [-0.39, 0.29) is 12.3 Å². The monoisotopic (exact) mass is 263 g/mol. The average Bonchev–Trinajstić information content (AvgIpc) is 3.05. The van der Waals surface area contributed by atoms with Gasteiger partial charge in [0.1, 0.15) is 0 Å². The van der Waals surface area contributed by atoms with Crippen LogP contribution in [0.5, 0.6) is 0 Å². The maximum Gasteiger partial charge on any atom is 0.198 e. The highest BCUT2D eigenvalue weighted by molar-refractivity contribution is 5.95. The Morgan fingerprint density at radius 3 is 2.80 bits per heavy atom. The van der Waals surface area contributed by atoms with Crippen molar-refractivity contribution in [2.45, 2.75) is 6.54 Å². The number of ketones is 1. The van der Waals surface area contributed by atoms with Gasteiger partial charge in [-0.05, 0) is 35.7 Å². The first-order valence-corrected chi connectivity index (χ1v) is 6.32. The summed E-state index contributed by atoms with van der Waals surface area (Å²) in [4.78, 5) is 12.3. The van der Waals surface area contributed by atoms with Gasteiger partial charge in [0.25, 0.3) is 0 Å². The van der Waals surface area contributed by atoms with Gasteiger partial charge in [0.05, 0.1) is 23.9 Å². The normalized spacial score (nSPS) is 10.6. The Bertz CT molecular complexity index is 833. The van der Waals surface area contributed by atoms with Crippen LogP contribution >= 0.6 is 0 Å². The van der Waals surface area contributed by atoms with E-state index in [9.17, 15) is 4.79 Å². The molecular weight excluding hydrogens is 250 g/mol. The summed E-state index contributed by atoms with van der Waals surface area (Å²) in [5, 5.41) is 10.00. The van der Waals surface area contributed by atoms with E-state index in [2.05, 4.69) is 6.07 Å². The molecule has 0 N–H and O–H groups in total. The van der Waals surface area contributed by atoms with Crippen molar-refractivity contribution in [2.24, 2.45) is 7.05 Å². The van der Waals surface area contributed by atoms with E-state index in [1.165, 1.54) is 0 Å². The fourth-order valence-electron chi connectivity index (χ4n) is 2.38. The third kappa shape index (κ3) is 1.99. The number of nitrogens with zero attached hydrogens (tertiary/aromatic N) is 3. The van der Waals surface area contributed by atoms with Gasteiger partial charge in [-0.25, -0.2) is 0 Å². The molecular formula is C16H13N3O. The number of rotatable bonds is 3. The quantitative estimate of drug-likeness (QED) is 0.682. The molecule has 0 radical (unpaired) electrons. The van der Waals surface area contributed by atoms with Crippen LogP contribution in [-0.4, -0.2) is 14.9 Å². The molecule has 0 aliphatic heterocycles. The van der Waals surface area contributed by atoms with Gasteiger partial charge in [-0.3, -0.25) is 4.79 Å². The topological polar surface area (TPSA) is 50.7 Å². The van der Waals surface area contributed by atoms with Crippen LogP contribution in [0.15, 0.2) is 48.8 Å². The number of hydrogen-bond donors (Lipinski definition) is 0. The number of hydrogen-bond acceptors (Lipinski definition) is 2. The predicted octanol–water partition coefficient (Wildman–Crippen LogP) is 2.73. The summed E-state index contributed by atoms with van der Waals surface area (Å²) < 4.78 is 3.69. The van der Waals surface area contributed by atoms with E-state index >= 15 is 0 Å². The predicted molar refractivity (Wildman–Crippen MR) is 76.4 cm³/mol. The first-order chi connectivity index (χ1) is 9.69. The number of carbonyl (C=O) groups excluding carboxylic acids is 1. The largest absolute Gasteiger partial charge is 0.348 e. The summed E-state index contributed by atoms with van der Waals surface area (Å²) in [5.41, 5.74) is 2.19. The highest BCUT2D eigenvalue weighted by atomic mass is 16.1. The van der Waals surface area contributed by atoms with E-state index in [1.54, 1.807) is 6.07 Å². The van der Waals surface area contributed by atoms with Gasteiger partial charge in [0, 0.05) is 25.0 Å². The Kier molecular flexibility index (Phi) is 2.88. The number of Topliss-reactive ketones (excluding diaryl/α,β-unsaturated/α-hetero) is 1. The zero-order chi connectivity index (χ0) is 14.1. The average molecular weight is 263 g/mol. The maximum absolute atomic E-state index is 12.3. The molecule has 3 aromatic rings. The van der Waals surface area contributed by atoms with Gasteiger partial charge in [0.2, 0.25) is 0 Å². The highest BCUT2D eigenvalue weighted by Crippen LogP contribution is 2.18. The van der Waals surface area contributed by atoms with Crippen LogP contribution in [0.3, 0.4) is 0 Å². The molecule has 0 aliphatic carbocycles. The van der Waals surface area contributed by atoms with Crippen molar-refractivity contribution in [1.82, 2.24) is 9.13 Å². The number of aromatic nitrogens is 2. The van der Waals surface area contributed by atoms with Crippen molar-refractivity contribution < 1.29 is 4.79 Å². The first-order valence-electron chi connectivity index (χ1n) is 6.32. The Hall–Kier alpha value is -2.80. The van der Waals surface area contributed by atoms with Gasteiger partial charge < -0.3 is 9.13 Å². The van der Waals surface area contributed by atoms with Gasteiger partial charge in [-0.15, -0.1) is 0 Å². The maximum atomic E-state index is 12.3. The summed E-state index contributed by atoms with van der Waals surface area (Å²) in [6.45, 7) is 0.274. The van der Waals surface area contributed by atoms with E-state index in [0.717, 1.165) is 10.9 Å². The zero-order valence-electron chi connectivity index (χ0n) is 11.1. The molecule has 1 aromatic carbocycles. The number of carbonyl (C=O) groups is 1. The second kappa shape index (κ2) is 4.71. The van der Waals surface area contributed by atoms with Gasteiger partial charge in [-0.1, -0.05) is 6.07 Å². The molecule has 0 spiro atoms. The van der Waals surface area contributed by atoms with Gasteiger partial charge >= 0.3 is 0 Å². The van der Waals surface area contributed by atoms with Gasteiger partial charge in [0.15, 0.2) is 5.78 Å². The highest BCUT2D eigenvalue weighted by Gasteiger charge is 2.11. The lowest BCUT2D eigenvalue weighted by molar-refractivity contribution is 0.0965. The molecule has 0 saturated heterocycles. The van der Waals surface area contributed by atoms with Crippen LogP contribution in [0.1, 0.15) is 16.1 Å². The summed E-state index contributed by atoms with van der Waals surface area (Å²) in [6, 6.07) is 13.2. The summed E-state index contributed by atoms with van der Waals surface area (Å²) in [7, 11) is 1.86. The van der Waals surface area contributed by atoms with E-state index in [1.807, 2.05) is 58.9 Å². The molecule has 2 aromatic heterocycles. The molecule has 3 rings (SSSR count). The molecule has 0 saturated carbocycles. The molecule has 0 aliphatic rings. The lowest BCUT2D eigenvalue weighted by Gasteiger charge is -2.06. The number of benzene rings is 1. The van der Waals surface area contributed by atoms with Crippen LogP contribution in [0, 0.1) is 11.3 Å². The van der Waals surface area contributed by atoms with Crippen molar-refractivity contribution >= 4 is 16.7 Å². The van der Waals surface area contributed by atoms with E-state index in [4.69, 9.17) is 5.26 Å². The van der Waals surface area contributed by atoms with E-state index < -0.39 is 0 Å². The van der Waals surface area contributed by atoms with Gasteiger partial charge in [-0.2, -0.15) is 5.26 Å². The number of fused-ring (bicyclic) bond motifs is 1. The van der Waals surface area contributed by atoms with Crippen molar-refractivity contribution in [2.75, 3.05) is 0 Å². The fourth-order valence-corrected chi connectivity index (χ4v) is 2.38. The summed E-state index contributed by atoms with van der Waals surface area (Å²) >= 11 is 0. The second-order valence-electron chi connectivity index (χ2n) is 4.76. The second-order valence-corrected chi connectivity index (χ2v) is 4.76. The van der Waals surface area contributed by atoms with Crippen LogP contribution < -0.4 is 0 Å². The van der Waals surface area contributed by atoms with Crippen molar-refractivity contribution in [1.29, 1.82) is 5.26 Å². The number of nitriles is 1. The molecule has 2 heterocycles. The minimum atomic E-state index is 0.0531. The van der Waals surface area contributed by atoms with Crippen LogP contribution in [0.25, 0.3) is 10.9 Å². The summed E-state index contributed by atoms with van der Waals surface area (Å²) in [5.74, 6) is 0.0531. The molecule has 0 atom stereocenters. The molecule has 0 amide bonds. The third-order valence-electron chi connectivity index (χ3n) is 3.45. The third-order valence-corrected chi connectivity index (χ3v) is 3.45. The SMILES string of the molecule is Cn1cccc1C(=O)Cn1ccc2ccc(C#N)cc21. The lowest BCUT2D eigenvalue weighted by atomic mass is 10.2. The van der Waals surface area contributed by atoms with Crippen LogP contribution in [-0.2, 0) is 13.6 Å². The molecule has 4 nitrogen and oxygen atoms in total. The summed E-state index contributed by atoms with van der Waals surface area (Å²) in [6.07, 6.45) is 3.74. The van der Waals surface area contributed by atoms with Crippen LogP contribution in [0.4, 0.5) is 0 Å². The Morgan fingerprint density at radius 1 is 1.25 bits per heavy atom. The van der Waals surface area contributed by atoms with Crippen molar-refractivity contribution in [3.63, 3.8) is 0 Å². The smallest absolute Gasteiger partial charge is 0.198 e. The fraction of sp³-hybridized carbons (Fsp3) is 0.125. The Labute approximate surface area is 116 Å². The first kappa shape index (κ1) is 12.2. The van der Waals surface area contributed by atoms with Crippen molar-refractivity contribution in [3.8, 4) is 6.07 Å². The minimum Gasteiger partial charge on any atom is -0.348 e. The Balaban J connectivity index is 1.97. The minimum absolute atomic E-state index is 0.0531. The molecule has 0 unspecified atom stereocenters.